The van der Waals surface area contributed by atoms with Crippen molar-refractivity contribution in [1.29, 1.82) is 0 Å². The summed E-state index contributed by atoms with van der Waals surface area (Å²) in [5.74, 6) is 0.126. The maximum atomic E-state index is 12.7. The van der Waals surface area contributed by atoms with Gasteiger partial charge in [-0.05, 0) is 50.2 Å². The topological polar surface area (TPSA) is 84.3 Å². The van der Waals surface area contributed by atoms with Gasteiger partial charge in [0.1, 0.15) is 11.4 Å². The number of hydrogen-bond acceptors (Lipinski definition) is 5. The Bertz CT molecular complexity index is 1180. The van der Waals surface area contributed by atoms with Crippen molar-refractivity contribution >= 4 is 33.4 Å². The molecule has 1 aliphatic rings. The average molecular weight is 453 g/mol. The Hall–Kier alpha value is -3.00. The Balaban J connectivity index is 1.26. The first kappa shape index (κ1) is 22.2. The van der Waals surface area contributed by atoms with Gasteiger partial charge in [0.15, 0.2) is 0 Å². The number of amides is 2. The number of carbonyl (C=O) groups excluding carboxylic acids is 2. The molecular weight excluding hydrogens is 424 g/mol. The number of carbonyl (C=O) groups is 2. The molecule has 32 heavy (non-hydrogen) atoms. The van der Waals surface area contributed by atoms with Crippen LogP contribution in [0.1, 0.15) is 28.8 Å². The molecule has 1 fully saturated rings. The summed E-state index contributed by atoms with van der Waals surface area (Å²) in [6, 6.07) is 10.4. The molecule has 0 atom stereocenters. The lowest BCUT2D eigenvalue weighted by molar-refractivity contribution is -0.134. The van der Waals surface area contributed by atoms with Gasteiger partial charge >= 0.3 is 0 Å². The van der Waals surface area contributed by atoms with E-state index in [0.717, 1.165) is 29.7 Å². The van der Waals surface area contributed by atoms with Crippen LogP contribution in [-0.4, -0.2) is 45.9 Å². The Labute approximate surface area is 191 Å². The molecule has 3 heterocycles. The van der Waals surface area contributed by atoms with E-state index in [2.05, 4.69) is 34.6 Å². The Morgan fingerprint density at radius 1 is 1.16 bits per heavy atom. The van der Waals surface area contributed by atoms with Gasteiger partial charge in [-0.2, -0.15) is 0 Å². The van der Waals surface area contributed by atoms with Crippen LogP contribution in [0, 0.1) is 19.8 Å². The second kappa shape index (κ2) is 9.65. The smallest absolute Gasteiger partial charge is 0.262 e. The van der Waals surface area contributed by atoms with E-state index in [0.29, 0.717) is 29.2 Å². The number of rotatable bonds is 6. The molecule has 168 valence electrons. The normalized spacial score (nSPS) is 14.6. The number of nitrogens with zero attached hydrogens (tertiary/aromatic N) is 3. The minimum absolute atomic E-state index is 0.0524. The Morgan fingerprint density at radius 2 is 1.88 bits per heavy atom. The number of hydrogen-bond donors (Lipinski definition) is 1. The number of thiophene rings is 1. The van der Waals surface area contributed by atoms with Crippen molar-refractivity contribution in [2.45, 2.75) is 39.7 Å². The quantitative estimate of drug-likeness (QED) is 0.623. The highest BCUT2D eigenvalue weighted by Crippen LogP contribution is 2.25. The molecule has 2 amide bonds. The fourth-order valence-electron chi connectivity index (χ4n) is 4.21. The van der Waals surface area contributed by atoms with Gasteiger partial charge in [-0.25, -0.2) is 4.98 Å². The lowest BCUT2D eigenvalue weighted by atomic mass is 9.90. The third-order valence-electron chi connectivity index (χ3n) is 6.24. The van der Waals surface area contributed by atoms with E-state index >= 15 is 0 Å². The summed E-state index contributed by atoms with van der Waals surface area (Å²) in [5, 5.41) is 3.23. The van der Waals surface area contributed by atoms with Crippen LogP contribution in [0.5, 0.6) is 0 Å². The summed E-state index contributed by atoms with van der Waals surface area (Å²) in [4.78, 5) is 45.5. The lowest BCUT2D eigenvalue weighted by Crippen LogP contribution is -2.45. The van der Waals surface area contributed by atoms with Crippen LogP contribution >= 0.6 is 11.3 Å². The summed E-state index contributed by atoms with van der Waals surface area (Å²) in [6.07, 6.45) is 4.37. The summed E-state index contributed by atoms with van der Waals surface area (Å²) in [6.45, 7) is 5.06. The molecule has 4 rings (SSSR count). The first-order chi connectivity index (χ1) is 15.4. The minimum atomic E-state index is -0.370. The predicted octanol–water partition coefficient (Wildman–Crippen LogP) is 2.67. The standard InChI is InChI=1S/C24H28N4O3S/c1-16-17(2)32-23-22(16)24(31)28(15-26-23)14-20(29)25-13-21(30)27-10-8-19(9-11-27)12-18-6-4-3-5-7-18/h3-7,15,19H,8-14H2,1-2H3,(H,25,29). The van der Waals surface area contributed by atoms with Crippen LogP contribution in [0.15, 0.2) is 41.5 Å². The zero-order chi connectivity index (χ0) is 22.7. The fourth-order valence-corrected chi connectivity index (χ4v) is 5.20. The van der Waals surface area contributed by atoms with E-state index in [1.807, 2.05) is 24.8 Å². The number of benzene rings is 1. The van der Waals surface area contributed by atoms with Crippen LogP contribution in [0.2, 0.25) is 0 Å². The lowest BCUT2D eigenvalue weighted by Gasteiger charge is -2.32. The SMILES string of the molecule is Cc1sc2ncn(CC(=O)NCC(=O)N3CCC(Cc4ccccc4)CC3)c(=O)c2c1C. The molecule has 1 aromatic carbocycles. The fraction of sp³-hybridized carbons (Fsp3) is 0.417. The van der Waals surface area contributed by atoms with E-state index in [1.165, 1.54) is 27.8 Å². The summed E-state index contributed by atoms with van der Waals surface area (Å²) >= 11 is 1.48. The summed E-state index contributed by atoms with van der Waals surface area (Å²) < 4.78 is 1.30. The van der Waals surface area contributed by atoms with Gasteiger partial charge in [0.05, 0.1) is 18.3 Å². The third kappa shape index (κ3) is 4.91. The largest absolute Gasteiger partial charge is 0.345 e. The van der Waals surface area contributed by atoms with E-state index in [4.69, 9.17) is 0 Å². The summed E-state index contributed by atoms with van der Waals surface area (Å²) in [5.41, 5.74) is 2.02. The van der Waals surface area contributed by atoms with E-state index in [-0.39, 0.29) is 30.5 Å². The molecule has 2 aromatic heterocycles. The zero-order valence-corrected chi connectivity index (χ0v) is 19.3. The van der Waals surface area contributed by atoms with Crippen LogP contribution in [0.4, 0.5) is 0 Å². The van der Waals surface area contributed by atoms with Crippen LogP contribution in [-0.2, 0) is 22.6 Å². The first-order valence-corrected chi connectivity index (χ1v) is 11.8. The number of likely N-dealkylation sites (tertiary alicyclic amines) is 1. The first-order valence-electron chi connectivity index (χ1n) is 11.0. The zero-order valence-electron chi connectivity index (χ0n) is 18.5. The molecule has 0 spiro atoms. The van der Waals surface area contributed by atoms with E-state index in [9.17, 15) is 14.4 Å². The molecule has 1 aliphatic heterocycles. The van der Waals surface area contributed by atoms with Crippen molar-refractivity contribution in [2.75, 3.05) is 19.6 Å². The molecule has 1 N–H and O–H groups in total. The highest BCUT2D eigenvalue weighted by molar-refractivity contribution is 7.18. The second-order valence-corrected chi connectivity index (χ2v) is 9.63. The van der Waals surface area contributed by atoms with Crippen LogP contribution < -0.4 is 10.9 Å². The van der Waals surface area contributed by atoms with Gasteiger partial charge in [-0.1, -0.05) is 30.3 Å². The number of aromatic nitrogens is 2. The molecule has 0 saturated carbocycles. The van der Waals surface area contributed by atoms with Gasteiger partial charge in [0.25, 0.3) is 5.56 Å². The molecule has 1 saturated heterocycles. The molecule has 0 aliphatic carbocycles. The predicted molar refractivity (Wildman–Crippen MR) is 126 cm³/mol. The molecule has 8 heteroatoms. The molecule has 0 radical (unpaired) electrons. The number of fused-ring (bicyclic) bond motifs is 1. The number of aryl methyl sites for hydroxylation is 2. The molecule has 7 nitrogen and oxygen atoms in total. The Morgan fingerprint density at radius 3 is 2.59 bits per heavy atom. The number of piperidine rings is 1. The van der Waals surface area contributed by atoms with Crippen molar-refractivity contribution in [3.8, 4) is 0 Å². The van der Waals surface area contributed by atoms with E-state index in [1.54, 1.807) is 0 Å². The highest BCUT2D eigenvalue weighted by atomic mass is 32.1. The molecule has 3 aromatic rings. The summed E-state index contributed by atoms with van der Waals surface area (Å²) in [7, 11) is 0. The number of nitrogens with one attached hydrogen (secondary N) is 1. The minimum Gasteiger partial charge on any atom is -0.345 e. The van der Waals surface area contributed by atoms with Crippen LogP contribution in [0.25, 0.3) is 10.2 Å². The maximum absolute atomic E-state index is 12.7. The van der Waals surface area contributed by atoms with Gasteiger partial charge in [0.2, 0.25) is 11.8 Å². The van der Waals surface area contributed by atoms with Crippen molar-refractivity contribution in [3.63, 3.8) is 0 Å². The van der Waals surface area contributed by atoms with Gasteiger partial charge in [-0.15, -0.1) is 11.3 Å². The van der Waals surface area contributed by atoms with Gasteiger partial charge in [0, 0.05) is 18.0 Å². The van der Waals surface area contributed by atoms with Crippen LogP contribution in [0.3, 0.4) is 0 Å². The van der Waals surface area contributed by atoms with Crippen molar-refractivity contribution in [2.24, 2.45) is 5.92 Å². The van der Waals surface area contributed by atoms with Gasteiger partial charge in [-0.3, -0.25) is 19.0 Å². The maximum Gasteiger partial charge on any atom is 0.262 e. The molecular formula is C24H28N4O3S. The third-order valence-corrected chi connectivity index (χ3v) is 7.36. The van der Waals surface area contributed by atoms with Gasteiger partial charge < -0.3 is 10.2 Å². The molecule has 0 unspecified atom stereocenters. The van der Waals surface area contributed by atoms with Crippen molar-refractivity contribution < 1.29 is 9.59 Å². The van der Waals surface area contributed by atoms with E-state index < -0.39 is 0 Å². The molecule has 0 bridgehead atoms. The van der Waals surface area contributed by atoms with Crippen molar-refractivity contribution in [3.05, 3.63) is 63.0 Å². The second-order valence-electron chi connectivity index (χ2n) is 8.43. The average Bonchev–Trinajstić information content (AvgIpc) is 3.09. The monoisotopic (exact) mass is 452 g/mol. The Kier molecular flexibility index (Phi) is 6.69. The highest BCUT2D eigenvalue weighted by Gasteiger charge is 2.23. The van der Waals surface area contributed by atoms with Crippen molar-refractivity contribution in [1.82, 2.24) is 19.8 Å².